The first-order valence-electron chi connectivity index (χ1n) is 6.02. The Morgan fingerprint density at radius 2 is 2.35 bits per heavy atom. The van der Waals surface area contributed by atoms with Crippen molar-refractivity contribution in [2.24, 2.45) is 0 Å². The van der Waals surface area contributed by atoms with Crippen LogP contribution in [0.2, 0.25) is 0 Å². The van der Waals surface area contributed by atoms with Crippen molar-refractivity contribution < 1.29 is 4.74 Å². The van der Waals surface area contributed by atoms with Crippen molar-refractivity contribution >= 4 is 27.3 Å². The number of halogens is 1. The molecule has 1 aromatic heterocycles. The molecular weight excluding hydrogens is 282 g/mol. The summed E-state index contributed by atoms with van der Waals surface area (Å²) in [5.41, 5.74) is 7.45. The Balaban J connectivity index is 1.81. The van der Waals surface area contributed by atoms with E-state index in [-0.39, 0.29) is 0 Å². The van der Waals surface area contributed by atoms with Crippen LogP contribution in [0.3, 0.4) is 0 Å². The molecule has 1 saturated heterocycles. The summed E-state index contributed by atoms with van der Waals surface area (Å²) in [5.74, 6) is 0. The van der Waals surface area contributed by atoms with Crippen molar-refractivity contribution in [3.63, 3.8) is 0 Å². The maximum atomic E-state index is 5.85. The van der Waals surface area contributed by atoms with Crippen LogP contribution in [0.25, 0.3) is 0 Å². The van der Waals surface area contributed by atoms with Gasteiger partial charge in [-0.25, -0.2) is 0 Å². The van der Waals surface area contributed by atoms with Gasteiger partial charge in [-0.15, -0.1) is 0 Å². The van der Waals surface area contributed by atoms with Crippen LogP contribution in [0.15, 0.2) is 16.9 Å². The molecule has 5 heteroatoms. The van der Waals surface area contributed by atoms with Crippen molar-refractivity contribution in [2.75, 3.05) is 24.2 Å². The molecule has 0 aromatic carbocycles. The number of anilines is 2. The highest BCUT2D eigenvalue weighted by Crippen LogP contribution is 2.27. The highest BCUT2D eigenvalue weighted by atomic mass is 79.9. The Kier molecular flexibility index (Phi) is 4.62. The lowest BCUT2D eigenvalue weighted by molar-refractivity contribution is 0.0134. The Morgan fingerprint density at radius 1 is 1.47 bits per heavy atom. The molecule has 2 heterocycles. The predicted molar refractivity (Wildman–Crippen MR) is 73.0 cm³/mol. The van der Waals surface area contributed by atoms with Crippen LogP contribution in [0, 0.1) is 0 Å². The number of nitrogens with two attached hydrogens (primary N) is 1. The number of ether oxygens (including phenoxy) is 1. The normalized spacial score (nSPS) is 20.2. The number of pyridine rings is 1. The summed E-state index contributed by atoms with van der Waals surface area (Å²) in [5, 5.41) is 3.34. The van der Waals surface area contributed by atoms with Crippen LogP contribution >= 0.6 is 15.9 Å². The minimum absolute atomic E-state index is 0.401. The maximum Gasteiger partial charge on any atom is 0.0750 e. The largest absolute Gasteiger partial charge is 0.396 e. The zero-order chi connectivity index (χ0) is 12.1. The summed E-state index contributed by atoms with van der Waals surface area (Å²) in [6, 6.07) is 0. The average molecular weight is 300 g/mol. The highest BCUT2D eigenvalue weighted by Gasteiger charge is 2.13. The van der Waals surface area contributed by atoms with Gasteiger partial charge in [-0.3, -0.25) is 4.98 Å². The fraction of sp³-hybridized carbons (Fsp3) is 0.583. The van der Waals surface area contributed by atoms with Crippen molar-refractivity contribution in [2.45, 2.75) is 31.8 Å². The Bertz CT molecular complexity index is 347. The molecule has 0 spiro atoms. The van der Waals surface area contributed by atoms with Gasteiger partial charge in [0.2, 0.25) is 0 Å². The van der Waals surface area contributed by atoms with Crippen molar-refractivity contribution in [3.8, 4) is 0 Å². The third-order valence-corrected chi connectivity index (χ3v) is 3.57. The van der Waals surface area contributed by atoms with Gasteiger partial charge in [0.15, 0.2) is 0 Å². The third kappa shape index (κ3) is 3.57. The molecule has 1 aromatic rings. The number of aromatic nitrogens is 1. The van der Waals surface area contributed by atoms with Crippen LogP contribution in [0.4, 0.5) is 11.4 Å². The van der Waals surface area contributed by atoms with Crippen molar-refractivity contribution in [1.29, 1.82) is 0 Å². The molecule has 0 amide bonds. The predicted octanol–water partition coefficient (Wildman–Crippen LogP) is 2.80. The molecule has 1 aliphatic heterocycles. The molecule has 2 rings (SSSR count). The van der Waals surface area contributed by atoms with Crippen LogP contribution in [0.1, 0.15) is 25.7 Å². The molecule has 1 aliphatic rings. The van der Waals surface area contributed by atoms with Crippen LogP contribution < -0.4 is 11.1 Å². The van der Waals surface area contributed by atoms with E-state index in [1.807, 2.05) is 0 Å². The van der Waals surface area contributed by atoms with E-state index in [2.05, 4.69) is 26.2 Å². The summed E-state index contributed by atoms with van der Waals surface area (Å²) in [6.45, 7) is 1.78. The molecule has 3 N–H and O–H groups in total. The number of nitrogens with zero attached hydrogens (tertiary/aromatic N) is 1. The molecular formula is C12H18BrN3O. The average Bonchev–Trinajstić information content (AvgIpc) is 2.34. The SMILES string of the molecule is Nc1cncc(Br)c1NCCC1CCCCO1. The molecule has 1 fully saturated rings. The van der Waals surface area contributed by atoms with Gasteiger partial charge in [-0.1, -0.05) is 0 Å². The zero-order valence-electron chi connectivity index (χ0n) is 9.79. The molecule has 0 aliphatic carbocycles. The van der Waals surface area contributed by atoms with E-state index >= 15 is 0 Å². The topological polar surface area (TPSA) is 60.2 Å². The second-order valence-electron chi connectivity index (χ2n) is 4.29. The first kappa shape index (κ1) is 12.6. The zero-order valence-corrected chi connectivity index (χ0v) is 11.4. The highest BCUT2D eigenvalue weighted by molar-refractivity contribution is 9.10. The third-order valence-electron chi connectivity index (χ3n) is 2.97. The molecule has 0 saturated carbocycles. The lowest BCUT2D eigenvalue weighted by Crippen LogP contribution is -2.22. The quantitative estimate of drug-likeness (QED) is 0.897. The second-order valence-corrected chi connectivity index (χ2v) is 5.14. The van der Waals surface area contributed by atoms with E-state index < -0.39 is 0 Å². The second kappa shape index (κ2) is 6.21. The first-order valence-corrected chi connectivity index (χ1v) is 6.81. The monoisotopic (exact) mass is 299 g/mol. The molecule has 1 unspecified atom stereocenters. The van der Waals surface area contributed by atoms with Crippen molar-refractivity contribution in [1.82, 2.24) is 4.98 Å². The summed E-state index contributed by atoms with van der Waals surface area (Å²) < 4.78 is 6.59. The van der Waals surface area contributed by atoms with E-state index in [1.54, 1.807) is 12.4 Å². The standard InChI is InChI=1S/C12H18BrN3O/c13-10-7-15-8-11(14)12(10)16-5-4-9-3-1-2-6-17-9/h7-9H,1-6,14H2,(H,15,16). The molecule has 1 atom stereocenters. The van der Waals surface area contributed by atoms with Gasteiger partial charge < -0.3 is 15.8 Å². The number of nitrogen functional groups attached to an aromatic ring is 1. The van der Waals surface area contributed by atoms with Gasteiger partial charge in [0.1, 0.15) is 0 Å². The molecule has 94 valence electrons. The van der Waals surface area contributed by atoms with Gasteiger partial charge >= 0.3 is 0 Å². The first-order chi connectivity index (χ1) is 8.27. The van der Waals surface area contributed by atoms with Gasteiger partial charge in [0, 0.05) is 19.3 Å². The van der Waals surface area contributed by atoms with Crippen LogP contribution in [0.5, 0.6) is 0 Å². The van der Waals surface area contributed by atoms with E-state index in [9.17, 15) is 0 Å². The Labute approximate surface area is 110 Å². The summed E-state index contributed by atoms with van der Waals surface area (Å²) in [6.07, 6.45) is 8.49. The fourth-order valence-electron chi connectivity index (χ4n) is 2.03. The lowest BCUT2D eigenvalue weighted by Gasteiger charge is -2.23. The Morgan fingerprint density at radius 3 is 3.06 bits per heavy atom. The van der Waals surface area contributed by atoms with Gasteiger partial charge in [0.25, 0.3) is 0 Å². The number of nitrogens with one attached hydrogen (secondary N) is 1. The summed E-state index contributed by atoms with van der Waals surface area (Å²) in [4.78, 5) is 4.01. The number of hydrogen-bond donors (Lipinski definition) is 2. The van der Waals surface area contributed by atoms with E-state index in [0.29, 0.717) is 11.8 Å². The van der Waals surface area contributed by atoms with Gasteiger partial charge in [-0.2, -0.15) is 0 Å². The maximum absolute atomic E-state index is 5.85. The summed E-state index contributed by atoms with van der Waals surface area (Å²) >= 11 is 3.44. The molecule has 17 heavy (non-hydrogen) atoms. The lowest BCUT2D eigenvalue weighted by atomic mass is 10.1. The minimum Gasteiger partial charge on any atom is -0.396 e. The van der Waals surface area contributed by atoms with E-state index in [0.717, 1.165) is 29.7 Å². The minimum atomic E-state index is 0.401. The van der Waals surface area contributed by atoms with Gasteiger partial charge in [0.05, 0.1) is 28.1 Å². The fourth-order valence-corrected chi connectivity index (χ4v) is 2.52. The Hall–Kier alpha value is -0.810. The molecule has 0 radical (unpaired) electrons. The van der Waals surface area contributed by atoms with Gasteiger partial charge in [-0.05, 0) is 41.6 Å². The van der Waals surface area contributed by atoms with Crippen molar-refractivity contribution in [3.05, 3.63) is 16.9 Å². The number of rotatable bonds is 4. The molecule has 4 nitrogen and oxygen atoms in total. The molecule has 0 bridgehead atoms. The smallest absolute Gasteiger partial charge is 0.0750 e. The number of hydrogen-bond acceptors (Lipinski definition) is 4. The van der Waals surface area contributed by atoms with Crippen LogP contribution in [-0.2, 0) is 4.74 Å². The van der Waals surface area contributed by atoms with Crippen LogP contribution in [-0.4, -0.2) is 24.2 Å². The summed E-state index contributed by atoms with van der Waals surface area (Å²) in [7, 11) is 0. The van der Waals surface area contributed by atoms with E-state index in [4.69, 9.17) is 10.5 Å². The van der Waals surface area contributed by atoms with E-state index in [1.165, 1.54) is 19.3 Å².